The van der Waals surface area contributed by atoms with Crippen molar-refractivity contribution in [2.75, 3.05) is 20.8 Å². The second-order valence-electron chi connectivity index (χ2n) is 2.78. The smallest absolute Gasteiger partial charge is 0.493 e. The average molecular weight is 226 g/mol. The molecular weight excluding hydrogens is 212 g/mol. The number of para-hydroxylation sites is 1. The average Bonchev–Trinajstić information content (AvgIpc) is 2.29. The van der Waals surface area contributed by atoms with Crippen molar-refractivity contribution in [1.82, 2.24) is 0 Å². The van der Waals surface area contributed by atoms with Gasteiger partial charge in [0.05, 0.1) is 20.8 Å². The Morgan fingerprint density at radius 3 is 2.19 bits per heavy atom. The van der Waals surface area contributed by atoms with Crippen molar-refractivity contribution < 1.29 is 23.7 Å². The first-order chi connectivity index (χ1) is 7.72. The standard InChI is InChI=1S/C11H14O5/c1-4-15-11(12)16-10-8(13-2)6-5-7-9(10)14-3/h5-7H,4H2,1-3H3. The van der Waals surface area contributed by atoms with Gasteiger partial charge in [0.25, 0.3) is 0 Å². The summed E-state index contributed by atoms with van der Waals surface area (Å²) >= 11 is 0. The molecule has 0 heterocycles. The van der Waals surface area contributed by atoms with Gasteiger partial charge < -0.3 is 18.9 Å². The summed E-state index contributed by atoms with van der Waals surface area (Å²) in [6, 6.07) is 5.06. The van der Waals surface area contributed by atoms with Gasteiger partial charge in [0.1, 0.15) is 0 Å². The maximum Gasteiger partial charge on any atom is 0.514 e. The van der Waals surface area contributed by atoms with Gasteiger partial charge in [-0.3, -0.25) is 0 Å². The van der Waals surface area contributed by atoms with Crippen LogP contribution in [0.25, 0.3) is 0 Å². The molecule has 1 rings (SSSR count). The number of hydrogen-bond donors (Lipinski definition) is 0. The van der Waals surface area contributed by atoms with Gasteiger partial charge >= 0.3 is 6.16 Å². The Bertz CT molecular complexity index is 339. The third-order valence-corrected chi connectivity index (χ3v) is 1.83. The van der Waals surface area contributed by atoms with Crippen LogP contribution in [-0.4, -0.2) is 27.0 Å². The monoisotopic (exact) mass is 226 g/mol. The molecule has 16 heavy (non-hydrogen) atoms. The van der Waals surface area contributed by atoms with Crippen molar-refractivity contribution in [3.63, 3.8) is 0 Å². The fourth-order valence-electron chi connectivity index (χ4n) is 1.15. The topological polar surface area (TPSA) is 54.0 Å². The van der Waals surface area contributed by atoms with E-state index in [9.17, 15) is 4.79 Å². The van der Waals surface area contributed by atoms with E-state index >= 15 is 0 Å². The fourth-order valence-corrected chi connectivity index (χ4v) is 1.15. The number of ether oxygens (including phenoxy) is 4. The van der Waals surface area contributed by atoms with Crippen molar-refractivity contribution in [3.8, 4) is 17.2 Å². The van der Waals surface area contributed by atoms with E-state index in [2.05, 4.69) is 4.74 Å². The van der Waals surface area contributed by atoms with E-state index in [1.807, 2.05) is 0 Å². The first-order valence-corrected chi connectivity index (χ1v) is 4.78. The lowest BCUT2D eigenvalue weighted by atomic mass is 10.3. The summed E-state index contributed by atoms with van der Waals surface area (Å²) in [5.41, 5.74) is 0. The van der Waals surface area contributed by atoms with Crippen LogP contribution in [0, 0.1) is 0 Å². The van der Waals surface area contributed by atoms with Gasteiger partial charge in [0, 0.05) is 0 Å². The van der Waals surface area contributed by atoms with Crippen LogP contribution in [0.4, 0.5) is 4.79 Å². The zero-order valence-corrected chi connectivity index (χ0v) is 9.48. The van der Waals surface area contributed by atoms with Crippen LogP contribution in [0.2, 0.25) is 0 Å². The second-order valence-corrected chi connectivity index (χ2v) is 2.78. The zero-order chi connectivity index (χ0) is 12.0. The Labute approximate surface area is 93.9 Å². The summed E-state index contributed by atoms with van der Waals surface area (Å²) in [6.45, 7) is 1.94. The first-order valence-electron chi connectivity index (χ1n) is 4.78. The number of methoxy groups -OCH3 is 2. The van der Waals surface area contributed by atoms with Gasteiger partial charge in [-0.15, -0.1) is 0 Å². The van der Waals surface area contributed by atoms with Gasteiger partial charge in [-0.1, -0.05) is 6.07 Å². The Balaban J connectivity index is 2.95. The van der Waals surface area contributed by atoms with Gasteiger partial charge in [-0.25, -0.2) is 4.79 Å². The molecule has 0 atom stereocenters. The van der Waals surface area contributed by atoms with Crippen LogP contribution in [0.1, 0.15) is 6.92 Å². The molecule has 1 aromatic carbocycles. The molecule has 0 N–H and O–H groups in total. The second kappa shape index (κ2) is 5.85. The number of hydrogen-bond acceptors (Lipinski definition) is 5. The first kappa shape index (κ1) is 12.2. The number of rotatable bonds is 4. The molecule has 0 saturated heterocycles. The van der Waals surface area contributed by atoms with E-state index in [1.54, 1.807) is 25.1 Å². The molecule has 0 saturated carbocycles. The zero-order valence-electron chi connectivity index (χ0n) is 9.48. The molecule has 0 radical (unpaired) electrons. The molecule has 0 aliphatic rings. The predicted octanol–water partition coefficient (Wildman–Crippen LogP) is 2.24. The third kappa shape index (κ3) is 2.79. The molecule has 0 bridgehead atoms. The minimum Gasteiger partial charge on any atom is -0.493 e. The molecule has 5 heteroatoms. The van der Waals surface area contributed by atoms with Gasteiger partial charge in [-0.05, 0) is 19.1 Å². The minimum atomic E-state index is -0.787. The molecule has 88 valence electrons. The van der Waals surface area contributed by atoms with E-state index in [-0.39, 0.29) is 12.4 Å². The summed E-state index contributed by atoms with van der Waals surface area (Å²) in [5.74, 6) is 1.03. The number of carbonyl (C=O) groups excluding carboxylic acids is 1. The Hall–Kier alpha value is -1.91. The SMILES string of the molecule is CCOC(=O)Oc1c(OC)cccc1OC. The lowest BCUT2D eigenvalue weighted by Gasteiger charge is -2.12. The van der Waals surface area contributed by atoms with Crippen LogP contribution >= 0.6 is 0 Å². The molecule has 0 fully saturated rings. The molecule has 0 unspecified atom stereocenters. The minimum absolute atomic E-state index is 0.214. The summed E-state index contributed by atoms with van der Waals surface area (Å²) in [6.07, 6.45) is -0.787. The molecular formula is C11H14O5. The highest BCUT2D eigenvalue weighted by Crippen LogP contribution is 2.36. The lowest BCUT2D eigenvalue weighted by Crippen LogP contribution is -2.11. The van der Waals surface area contributed by atoms with Crippen LogP contribution in [0.15, 0.2) is 18.2 Å². The molecule has 0 aliphatic carbocycles. The number of benzene rings is 1. The van der Waals surface area contributed by atoms with E-state index in [0.29, 0.717) is 11.5 Å². The molecule has 0 aliphatic heterocycles. The van der Waals surface area contributed by atoms with E-state index in [0.717, 1.165) is 0 Å². The largest absolute Gasteiger partial charge is 0.514 e. The Kier molecular flexibility index (Phi) is 4.44. The van der Waals surface area contributed by atoms with E-state index in [4.69, 9.17) is 14.2 Å². The van der Waals surface area contributed by atoms with Crippen LogP contribution in [0.5, 0.6) is 17.2 Å². The summed E-state index contributed by atoms with van der Waals surface area (Å²) < 4.78 is 19.8. The predicted molar refractivity (Wildman–Crippen MR) is 57.2 cm³/mol. The van der Waals surface area contributed by atoms with Crippen molar-refractivity contribution in [3.05, 3.63) is 18.2 Å². The van der Waals surface area contributed by atoms with Crippen molar-refractivity contribution >= 4 is 6.16 Å². The Morgan fingerprint density at radius 1 is 1.19 bits per heavy atom. The van der Waals surface area contributed by atoms with Gasteiger partial charge in [-0.2, -0.15) is 0 Å². The van der Waals surface area contributed by atoms with Crippen molar-refractivity contribution in [2.45, 2.75) is 6.92 Å². The molecule has 0 spiro atoms. The van der Waals surface area contributed by atoms with Crippen molar-refractivity contribution in [2.24, 2.45) is 0 Å². The summed E-state index contributed by atoms with van der Waals surface area (Å²) in [5, 5.41) is 0. The molecule has 5 nitrogen and oxygen atoms in total. The fraction of sp³-hybridized carbons (Fsp3) is 0.364. The van der Waals surface area contributed by atoms with E-state index in [1.165, 1.54) is 14.2 Å². The number of carbonyl (C=O) groups is 1. The normalized spacial score (nSPS) is 9.44. The highest BCUT2D eigenvalue weighted by Gasteiger charge is 2.15. The van der Waals surface area contributed by atoms with Crippen molar-refractivity contribution in [1.29, 1.82) is 0 Å². The molecule has 1 aromatic rings. The lowest BCUT2D eigenvalue weighted by molar-refractivity contribution is 0.102. The van der Waals surface area contributed by atoms with Gasteiger partial charge in [0.2, 0.25) is 5.75 Å². The van der Waals surface area contributed by atoms with Gasteiger partial charge in [0.15, 0.2) is 11.5 Å². The summed E-state index contributed by atoms with van der Waals surface area (Å²) in [7, 11) is 2.96. The van der Waals surface area contributed by atoms with E-state index < -0.39 is 6.16 Å². The third-order valence-electron chi connectivity index (χ3n) is 1.83. The van der Waals surface area contributed by atoms with Crippen LogP contribution < -0.4 is 14.2 Å². The maximum absolute atomic E-state index is 11.2. The maximum atomic E-state index is 11.2. The van der Waals surface area contributed by atoms with Crippen LogP contribution in [-0.2, 0) is 4.74 Å². The molecule has 0 amide bonds. The highest BCUT2D eigenvalue weighted by molar-refractivity contribution is 5.67. The highest BCUT2D eigenvalue weighted by atomic mass is 16.7. The van der Waals surface area contributed by atoms with Crippen LogP contribution in [0.3, 0.4) is 0 Å². The summed E-state index contributed by atoms with van der Waals surface area (Å²) in [4.78, 5) is 11.2. The quantitative estimate of drug-likeness (QED) is 0.582. The Morgan fingerprint density at radius 2 is 1.75 bits per heavy atom. The molecule has 0 aromatic heterocycles.